The molecular formula is C11H14ClN3O. The molecule has 2 heterocycles. The highest BCUT2D eigenvalue weighted by Gasteiger charge is 2.52. The molecule has 0 spiro atoms. The Labute approximate surface area is 99.1 Å². The number of fused-ring (bicyclic) bond motifs is 1. The fourth-order valence-corrected chi connectivity index (χ4v) is 2.77. The number of aromatic nitrogens is 1. The number of nitrogens with one attached hydrogen (secondary N) is 1. The van der Waals surface area contributed by atoms with Crippen molar-refractivity contribution in [3.63, 3.8) is 0 Å². The fraction of sp³-hybridized carbons (Fsp3) is 0.545. The van der Waals surface area contributed by atoms with Crippen molar-refractivity contribution in [2.75, 3.05) is 11.9 Å². The number of pyridine rings is 1. The smallest absolute Gasteiger partial charge is 0.0835 e. The predicted octanol–water partition coefficient (Wildman–Crippen LogP) is 1.26. The summed E-state index contributed by atoms with van der Waals surface area (Å²) in [5, 5.41) is 3.97. The maximum Gasteiger partial charge on any atom is 0.0835 e. The number of nitrogens with two attached hydrogens (primary N) is 1. The van der Waals surface area contributed by atoms with E-state index in [1.54, 1.807) is 12.4 Å². The monoisotopic (exact) mass is 239 g/mol. The molecule has 0 aromatic carbocycles. The van der Waals surface area contributed by atoms with Crippen LogP contribution < -0.4 is 11.1 Å². The van der Waals surface area contributed by atoms with Gasteiger partial charge in [-0.2, -0.15) is 0 Å². The van der Waals surface area contributed by atoms with Crippen LogP contribution in [0, 0.1) is 5.92 Å². The van der Waals surface area contributed by atoms with Gasteiger partial charge in [0, 0.05) is 31.0 Å². The second-order valence-electron chi connectivity index (χ2n) is 4.39. The Kier molecular flexibility index (Phi) is 2.50. The average Bonchev–Trinajstić information content (AvgIpc) is 2.72. The van der Waals surface area contributed by atoms with Crippen molar-refractivity contribution in [2.45, 2.75) is 24.6 Å². The zero-order chi connectivity index (χ0) is 11.1. The second-order valence-corrected chi connectivity index (χ2v) is 4.80. The van der Waals surface area contributed by atoms with E-state index in [1.165, 1.54) is 0 Å². The minimum atomic E-state index is 0.164. The standard InChI is InChI=1S/C11H14ClN3O/c12-7-5-14-3-1-8(7)15-10-9(13)6-2-4-16-11(6)10/h1,3,5-6,9-11H,2,4,13H2,(H,14,15). The summed E-state index contributed by atoms with van der Waals surface area (Å²) in [5.74, 6) is 0.512. The summed E-state index contributed by atoms with van der Waals surface area (Å²) in [6, 6.07) is 2.20. The Bertz CT molecular complexity index is 401. The van der Waals surface area contributed by atoms with Gasteiger partial charge in [-0.15, -0.1) is 0 Å². The number of hydrogen-bond acceptors (Lipinski definition) is 4. The molecule has 86 valence electrons. The van der Waals surface area contributed by atoms with Crippen LogP contribution in [0.25, 0.3) is 0 Å². The Hall–Kier alpha value is -0.840. The minimum absolute atomic E-state index is 0.164. The van der Waals surface area contributed by atoms with E-state index in [9.17, 15) is 0 Å². The Morgan fingerprint density at radius 1 is 1.56 bits per heavy atom. The number of rotatable bonds is 2. The van der Waals surface area contributed by atoms with Gasteiger partial charge in [0.1, 0.15) is 0 Å². The summed E-state index contributed by atoms with van der Waals surface area (Å²) in [6.45, 7) is 0.825. The normalized spacial score (nSPS) is 36.6. The number of hydrogen-bond donors (Lipinski definition) is 2. The van der Waals surface area contributed by atoms with E-state index in [4.69, 9.17) is 22.1 Å². The average molecular weight is 240 g/mol. The molecule has 16 heavy (non-hydrogen) atoms. The molecule has 0 radical (unpaired) electrons. The topological polar surface area (TPSA) is 60.2 Å². The van der Waals surface area contributed by atoms with Gasteiger partial charge in [-0.05, 0) is 12.5 Å². The molecule has 4 nitrogen and oxygen atoms in total. The quantitative estimate of drug-likeness (QED) is 0.816. The molecule has 2 aliphatic rings. The molecule has 4 atom stereocenters. The number of anilines is 1. The lowest BCUT2D eigenvalue weighted by Gasteiger charge is -2.46. The summed E-state index contributed by atoms with van der Waals surface area (Å²) in [7, 11) is 0. The molecule has 0 amide bonds. The van der Waals surface area contributed by atoms with Crippen LogP contribution in [0.1, 0.15) is 6.42 Å². The molecule has 1 aromatic heterocycles. The molecule has 3 N–H and O–H groups in total. The Morgan fingerprint density at radius 3 is 3.25 bits per heavy atom. The van der Waals surface area contributed by atoms with E-state index in [2.05, 4.69) is 10.3 Å². The molecule has 1 saturated heterocycles. The van der Waals surface area contributed by atoms with Gasteiger partial charge in [-0.25, -0.2) is 0 Å². The highest BCUT2D eigenvalue weighted by Crippen LogP contribution is 2.39. The van der Waals surface area contributed by atoms with E-state index in [0.29, 0.717) is 10.9 Å². The molecular weight excluding hydrogens is 226 g/mol. The lowest BCUT2D eigenvalue weighted by atomic mass is 9.72. The van der Waals surface area contributed by atoms with Gasteiger partial charge >= 0.3 is 0 Å². The maximum atomic E-state index is 6.10. The third-order valence-corrected chi connectivity index (χ3v) is 3.84. The van der Waals surface area contributed by atoms with Crippen molar-refractivity contribution in [3.05, 3.63) is 23.5 Å². The first-order valence-electron chi connectivity index (χ1n) is 5.50. The van der Waals surface area contributed by atoms with E-state index >= 15 is 0 Å². The van der Waals surface area contributed by atoms with E-state index in [0.717, 1.165) is 18.7 Å². The number of halogens is 1. The van der Waals surface area contributed by atoms with Crippen LogP contribution in [0.3, 0.4) is 0 Å². The summed E-state index contributed by atoms with van der Waals surface area (Å²) in [6.07, 6.45) is 4.67. The van der Waals surface area contributed by atoms with Crippen LogP contribution in [-0.4, -0.2) is 29.8 Å². The molecule has 1 aromatic rings. The molecule has 1 aliphatic carbocycles. The molecule has 2 fully saturated rings. The molecule has 3 rings (SSSR count). The van der Waals surface area contributed by atoms with Gasteiger partial charge in [0.2, 0.25) is 0 Å². The zero-order valence-corrected chi connectivity index (χ0v) is 9.52. The number of nitrogens with zero attached hydrogens (tertiary/aromatic N) is 1. The molecule has 0 bridgehead atoms. The van der Waals surface area contributed by atoms with Crippen molar-refractivity contribution in [3.8, 4) is 0 Å². The highest BCUT2D eigenvalue weighted by atomic mass is 35.5. The third kappa shape index (κ3) is 1.49. The van der Waals surface area contributed by atoms with Gasteiger partial charge in [0.25, 0.3) is 0 Å². The lowest BCUT2D eigenvalue weighted by molar-refractivity contribution is 0.00538. The van der Waals surface area contributed by atoms with Crippen molar-refractivity contribution < 1.29 is 4.74 Å². The first kappa shape index (κ1) is 10.3. The van der Waals surface area contributed by atoms with E-state index < -0.39 is 0 Å². The predicted molar refractivity (Wildman–Crippen MR) is 62.5 cm³/mol. The molecule has 4 unspecified atom stereocenters. The summed E-state index contributed by atoms with van der Waals surface area (Å²) >= 11 is 6.03. The van der Waals surface area contributed by atoms with Crippen LogP contribution in [0.2, 0.25) is 5.02 Å². The van der Waals surface area contributed by atoms with Crippen LogP contribution in [0.4, 0.5) is 5.69 Å². The van der Waals surface area contributed by atoms with Gasteiger partial charge in [0.05, 0.1) is 22.9 Å². The summed E-state index contributed by atoms with van der Waals surface area (Å²) < 4.78 is 5.65. The van der Waals surface area contributed by atoms with Crippen LogP contribution >= 0.6 is 11.6 Å². The fourth-order valence-electron chi connectivity index (χ4n) is 2.60. The zero-order valence-electron chi connectivity index (χ0n) is 8.77. The third-order valence-electron chi connectivity index (χ3n) is 3.54. The van der Waals surface area contributed by atoms with Crippen molar-refractivity contribution >= 4 is 17.3 Å². The SMILES string of the molecule is NC1C2CCOC2C1Nc1ccncc1Cl. The van der Waals surface area contributed by atoms with Crippen molar-refractivity contribution in [2.24, 2.45) is 11.7 Å². The first-order chi connectivity index (χ1) is 7.77. The largest absolute Gasteiger partial charge is 0.377 e. The van der Waals surface area contributed by atoms with E-state index in [-0.39, 0.29) is 18.2 Å². The maximum absolute atomic E-state index is 6.10. The van der Waals surface area contributed by atoms with Crippen LogP contribution in [-0.2, 0) is 4.74 Å². The van der Waals surface area contributed by atoms with Crippen LogP contribution in [0.5, 0.6) is 0 Å². The Morgan fingerprint density at radius 2 is 2.44 bits per heavy atom. The lowest BCUT2D eigenvalue weighted by Crippen LogP contribution is -2.65. The van der Waals surface area contributed by atoms with Gasteiger partial charge < -0.3 is 15.8 Å². The highest BCUT2D eigenvalue weighted by molar-refractivity contribution is 6.33. The molecule has 5 heteroatoms. The van der Waals surface area contributed by atoms with E-state index in [1.807, 2.05) is 6.07 Å². The van der Waals surface area contributed by atoms with Crippen LogP contribution in [0.15, 0.2) is 18.5 Å². The van der Waals surface area contributed by atoms with Crippen molar-refractivity contribution in [1.29, 1.82) is 0 Å². The van der Waals surface area contributed by atoms with Crippen molar-refractivity contribution in [1.82, 2.24) is 4.98 Å². The second kappa shape index (κ2) is 3.87. The summed E-state index contributed by atoms with van der Waals surface area (Å²) in [4.78, 5) is 3.95. The van der Waals surface area contributed by atoms with Gasteiger partial charge in [-0.1, -0.05) is 11.6 Å². The first-order valence-corrected chi connectivity index (χ1v) is 5.88. The molecule has 1 saturated carbocycles. The summed E-state index contributed by atoms with van der Waals surface area (Å²) in [5.41, 5.74) is 6.99. The van der Waals surface area contributed by atoms with Gasteiger partial charge in [0.15, 0.2) is 0 Å². The molecule has 1 aliphatic heterocycles. The minimum Gasteiger partial charge on any atom is -0.377 e. The Balaban J connectivity index is 1.74. The number of ether oxygens (including phenoxy) is 1. The van der Waals surface area contributed by atoms with Gasteiger partial charge in [-0.3, -0.25) is 4.98 Å².